The number of rotatable bonds is 20. The maximum absolute atomic E-state index is 11.6. The van der Waals surface area contributed by atoms with E-state index in [2.05, 4.69) is 25.7 Å². The van der Waals surface area contributed by atoms with Gasteiger partial charge in [-0.2, -0.15) is 0 Å². The van der Waals surface area contributed by atoms with Gasteiger partial charge < -0.3 is 9.90 Å². The van der Waals surface area contributed by atoms with Gasteiger partial charge in [0.15, 0.2) is 0 Å². The molecular weight excluding hydrogens is 345 g/mol. The topological polar surface area (TPSA) is 43.4 Å². The van der Waals surface area contributed by atoms with Gasteiger partial charge in [-0.1, -0.05) is 104 Å². The number of unbranched alkanes of at least 4 members (excludes halogenated alkanes) is 12. The van der Waals surface area contributed by atoms with Crippen LogP contribution in [0.3, 0.4) is 0 Å². The van der Waals surface area contributed by atoms with Crippen molar-refractivity contribution >= 4 is 5.97 Å². The normalized spacial score (nSPS) is 12.1. The zero-order chi connectivity index (χ0) is 19.5. The third-order valence-corrected chi connectivity index (χ3v) is 5.37. The molecule has 0 radical (unpaired) electrons. The first kappa shape index (κ1) is 29.6. The van der Waals surface area contributed by atoms with Crippen LogP contribution in [0.1, 0.15) is 124 Å². The number of carboxylic acids is 1. The fraction of sp³-hybridized carbons (Fsp3) is 0.957. The zero-order valence-corrected chi connectivity index (χ0v) is 21.1. The van der Waals surface area contributed by atoms with Crippen LogP contribution in [0.2, 0.25) is 0 Å². The number of carboxylic acid groups (broad SMARTS) is 1. The van der Waals surface area contributed by atoms with Crippen molar-refractivity contribution in [2.45, 2.75) is 130 Å². The summed E-state index contributed by atoms with van der Waals surface area (Å²) in [6.07, 6.45) is 19.5. The molecule has 0 aliphatic heterocycles. The molecule has 0 aromatic rings. The van der Waals surface area contributed by atoms with E-state index in [1.807, 2.05) is 0 Å². The van der Waals surface area contributed by atoms with Crippen LogP contribution in [-0.2, 0) is 4.79 Å². The minimum absolute atomic E-state index is 0. The van der Waals surface area contributed by atoms with E-state index in [0.29, 0.717) is 0 Å². The smallest absolute Gasteiger partial charge is 0.548 e. The van der Waals surface area contributed by atoms with Crippen molar-refractivity contribution in [3.05, 3.63) is 0 Å². The molecule has 0 amide bonds. The predicted octanol–water partition coefficient (Wildman–Crippen LogP) is 2.71. The molecule has 1 atom stereocenters. The van der Waals surface area contributed by atoms with E-state index in [-0.39, 0.29) is 35.6 Å². The van der Waals surface area contributed by atoms with Crippen molar-refractivity contribution in [1.82, 2.24) is 4.90 Å². The van der Waals surface area contributed by atoms with Gasteiger partial charge in [-0.3, -0.25) is 4.90 Å². The molecule has 0 fully saturated rings. The maximum atomic E-state index is 11.6. The summed E-state index contributed by atoms with van der Waals surface area (Å²) in [6, 6.07) is -0.389. The first-order valence-electron chi connectivity index (χ1n) is 11.6. The Morgan fingerprint density at radius 1 is 0.667 bits per heavy atom. The van der Waals surface area contributed by atoms with Crippen LogP contribution in [-0.4, -0.2) is 30.0 Å². The van der Waals surface area contributed by atoms with Crippen molar-refractivity contribution in [2.75, 3.05) is 13.1 Å². The van der Waals surface area contributed by atoms with Gasteiger partial charge in [-0.05, 0) is 32.4 Å². The second kappa shape index (κ2) is 22.7. The molecule has 0 aliphatic rings. The molecule has 156 valence electrons. The second-order valence-corrected chi connectivity index (χ2v) is 7.90. The summed E-state index contributed by atoms with van der Waals surface area (Å²) in [5.41, 5.74) is 0. The Morgan fingerprint density at radius 3 is 1.37 bits per heavy atom. The van der Waals surface area contributed by atoms with E-state index in [9.17, 15) is 9.90 Å². The third kappa shape index (κ3) is 18.2. The summed E-state index contributed by atoms with van der Waals surface area (Å²) < 4.78 is 0. The molecule has 0 saturated carbocycles. The SMILES string of the molecule is CCCCCCCCCN(CCCCCCCCC)C(CCC)C(=O)[O-].[Na+]. The van der Waals surface area contributed by atoms with Crippen LogP contribution in [0.25, 0.3) is 0 Å². The van der Waals surface area contributed by atoms with Crippen molar-refractivity contribution in [3.63, 3.8) is 0 Å². The summed E-state index contributed by atoms with van der Waals surface area (Å²) in [7, 11) is 0. The van der Waals surface area contributed by atoms with Crippen molar-refractivity contribution < 1.29 is 39.5 Å². The largest absolute Gasteiger partial charge is 1.00 e. The van der Waals surface area contributed by atoms with Gasteiger partial charge in [-0.15, -0.1) is 0 Å². The Kier molecular flexibility index (Phi) is 24.9. The van der Waals surface area contributed by atoms with Gasteiger partial charge in [-0.25, -0.2) is 0 Å². The molecule has 0 aromatic carbocycles. The Morgan fingerprint density at radius 2 is 1.04 bits per heavy atom. The summed E-state index contributed by atoms with van der Waals surface area (Å²) in [4.78, 5) is 13.8. The summed E-state index contributed by atoms with van der Waals surface area (Å²) >= 11 is 0. The average Bonchev–Trinajstić information content (AvgIpc) is 2.63. The van der Waals surface area contributed by atoms with Crippen LogP contribution in [0.15, 0.2) is 0 Å². The van der Waals surface area contributed by atoms with Gasteiger partial charge in [0.05, 0.1) is 5.97 Å². The minimum Gasteiger partial charge on any atom is -0.548 e. The number of carbonyl (C=O) groups excluding carboxylic acids is 1. The molecule has 27 heavy (non-hydrogen) atoms. The average molecular weight is 392 g/mol. The third-order valence-electron chi connectivity index (χ3n) is 5.37. The van der Waals surface area contributed by atoms with Crippen molar-refractivity contribution in [3.8, 4) is 0 Å². The summed E-state index contributed by atoms with van der Waals surface area (Å²) in [6.45, 7) is 8.39. The standard InChI is InChI=1S/C23H47NO2.Na/c1-4-7-9-11-13-15-17-20-24(22(19-6-3)23(25)26)21-18-16-14-12-10-8-5-2;/h22H,4-21H2,1-3H3,(H,25,26);/q;+1/p-1. The number of nitrogens with zero attached hydrogens (tertiary/aromatic N) is 1. The van der Waals surface area contributed by atoms with E-state index in [4.69, 9.17) is 0 Å². The molecule has 0 bridgehead atoms. The van der Waals surface area contributed by atoms with Crippen molar-refractivity contribution in [1.29, 1.82) is 0 Å². The van der Waals surface area contributed by atoms with E-state index >= 15 is 0 Å². The van der Waals surface area contributed by atoms with Gasteiger partial charge in [0.1, 0.15) is 0 Å². The first-order valence-corrected chi connectivity index (χ1v) is 11.6. The molecule has 0 rings (SSSR count). The van der Waals surface area contributed by atoms with E-state index in [1.54, 1.807) is 0 Å². The number of carbonyl (C=O) groups is 1. The Bertz CT molecular complexity index is 295. The maximum Gasteiger partial charge on any atom is 1.00 e. The monoisotopic (exact) mass is 391 g/mol. The summed E-state index contributed by atoms with van der Waals surface area (Å²) in [5, 5.41) is 11.6. The summed E-state index contributed by atoms with van der Waals surface area (Å²) in [5.74, 6) is -0.877. The molecule has 3 nitrogen and oxygen atoms in total. The number of hydrogen-bond donors (Lipinski definition) is 0. The number of hydrogen-bond acceptors (Lipinski definition) is 3. The van der Waals surface area contributed by atoms with Crippen molar-refractivity contribution in [2.24, 2.45) is 0 Å². The molecular formula is C23H46NNaO2. The van der Waals surface area contributed by atoms with Crippen LogP contribution >= 0.6 is 0 Å². The van der Waals surface area contributed by atoms with E-state index in [0.717, 1.165) is 38.8 Å². The van der Waals surface area contributed by atoms with Gasteiger partial charge in [0, 0.05) is 6.04 Å². The minimum atomic E-state index is -0.877. The second-order valence-electron chi connectivity index (χ2n) is 7.90. The molecule has 0 saturated heterocycles. The van der Waals surface area contributed by atoms with Crippen LogP contribution in [0.5, 0.6) is 0 Å². The zero-order valence-electron chi connectivity index (χ0n) is 19.1. The van der Waals surface area contributed by atoms with E-state index in [1.165, 1.54) is 77.0 Å². The molecule has 1 unspecified atom stereocenters. The molecule has 0 heterocycles. The van der Waals surface area contributed by atoms with Crippen LogP contribution in [0, 0.1) is 0 Å². The van der Waals surface area contributed by atoms with E-state index < -0.39 is 5.97 Å². The molecule has 0 N–H and O–H groups in total. The fourth-order valence-corrected chi connectivity index (χ4v) is 3.69. The first-order chi connectivity index (χ1) is 12.7. The van der Waals surface area contributed by atoms with Gasteiger partial charge in [0.2, 0.25) is 0 Å². The number of aliphatic carboxylic acids is 1. The Labute approximate surface area is 192 Å². The molecule has 0 spiro atoms. The fourth-order valence-electron chi connectivity index (χ4n) is 3.69. The van der Waals surface area contributed by atoms with Gasteiger partial charge >= 0.3 is 29.6 Å². The van der Waals surface area contributed by atoms with Gasteiger partial charge in [0.25, 0.3) is 0 Å². The molecule has 4 heteroatoms. The predicted molar refractivity (Wildman–Crippen MR) is 111 cm³/mol. The quantitative estimate of drug-likeness (QED) is 0.237. The van der Waals surface area contributed by atoms with Crippen LogP contribution < -0.4 is 34.7 Å². The Hall–Kier alpha value is 0.430. The molecule has 0 aliphatic carbocycles. The Balaban J connectivity index is 0. The van der Waals surface area contributed by atoms with Crippen LogP contribution in [0.4, 0.5) is 0 Å². The molecule has 0 aromatic heterocycles.